The minimum Gasteiger partial charge on any atom is -0.410 e. The molecule has 1 aromatic rings. The van der Waals surface area contributed by atoms with Gasteiger partial charge in [-0.1, -0.05) is 0 Å². The lowest BCUT2D eigenvalue weighted by molar-refractivity contribution is 0.0726. The lowest BCUT2D eigenvalue weighted by Gasteiger charge is -2.27. The summed E-state index contributed by atoms with van der Waals surface area (Å²) in [5, 5.41) is 11.8. The average Bonchev–Trinajstić information content (AvgIpc) is 3.25. The van der Waals surface area contributed by atoms with Gasteiger partial charge in [-0.2, -0.15) is 0 Å². The van der Waals surface area contributed by atoms with Crippen LogP contribution in [0.4, 0.5) is 10.5 Å². The summed E-state index contributed by atoms with van der Waals surface area (Å²) in [4.78, 5) is 26.5. The molecule has 2 amide bonds. The van der Waals surface area contributed by atoms with Crippen LogP contribution in [0.1, 0.15) is 24.8 Å². The molecule has 1 saturated heterocycles. The Balaban J connectivity index is 1.81. The molecule has 180 valence electrons. The van der Waals surface area contributed by atoms with Crippen molar-refractivity contribution >= 4 is 24.3 Å². The highest BCUT2D eigenvalue weighted by Crippen LogP contribution is 2.31. The normalized spacial score (nSPS) is 19.3. The number of anilines is 1. The lowest BCUT2D eigenvalue weighted by atomic mass is 9.88. The van der Waals surface area contributed by atoms with Gasteiger partial charge in [0.25, 0.3) is 0 Å². The number of amidine groups is 1. The Hall–Kier alpha value is -2.79. The number of hydrogen-bond acceptors (Lipinski definition) is 7. The van der Waals surface area contributed by atoms with Crippen LogP contribution >= 0.6 is 0 Å². The zero-order valence-electron chi connectivity index (χ0n) is 19.4. The number of ether oxygens (including phenoxy) is 1. The van der Waals surface area contributed by atoms with E-state index in [0.717, 1.165) is 49.5 Å². The van der Waals surface area contributed by atoms with Crippen molar-refractivity contribution in [1.82, 2.24) is 21.4 Å². The van der Waals surface area contributed by atoms with E-state index in [1.54, 1.807) is 7.05 Å². The minimum absolute atomic E-state index is 0.00894. The lowest BCUT2D eigenvalue weighted by Crippen LogP contribution is -2.39. The second kappa shape index (κ2) is 13.0. The van der Waals surface area contributed by atoms with Gasteiger partial charge in [0.05, 0.1) is 19.3 Å². The maximum atomic E-state index is 11.5. The smallest absolute Gasteiger partial charge is 0.318 e. The minimum atomic E-state index is -0.274. The molecular weight excluding hydrogens is 422 g/mol. The SMILES string of the molecule is C=NC(=NC1=C(CCOCCNC)ONC1C1CCNCC1)c1ccc(NC(=O)NC)cc1. The van der Waals surface area contributed by atoms with Gasteiger partial charge in [-0.05, 0) is 69.9 Å². The van der Waals surface area contributed by atoms with Crippen molar-refractivity contribution in [2.24, 2.45) is 15.9 Å². The fourth-order valence-electron chi connectivity index (χ4n) is 3.87. The number of nitrogens with one attached hydrogen (secondary N) is 5. The van der Waals surface area contributed by atoms with Crippen molar-refractivity contribution in [3.05, 3.63) is 41.3 Å². The average molecular weight is 458 g/mol. The van der Waals surface area contributed by atoms with E-state index in [2.05, 4.69) is 38.5 Å². The Morgan fingerprint density at radius 3 is 2.64 bits per heavy atom. The van der Waals surface area contributed by atoms with Crippen LogP contribution < -0.4 is 26.7 Å². The van der Waals surface area contributed by atoms with E-state index in [1.165, 1.54) is 0 Å². The zero-order valence-corrected chi connectivity index (χ0v) is 19.4. The molecule has 2 heterocycles. The van der Waals surface area contributed by atoms with Gasteiger partial charge in [-0.3, -0.25) is 0 Å². The number of carbonyl (C=O) groups is 1. The first-order chi connectivity index (χ1) is 16.2. The number of carbonyl (C=O) groups excluding carboxylic acids is 1. The zero-order chi connectivity index (χ0) is 23.5. The number of aliphatic imine (C=N–C) groups is 2. The summed E-state index contributed by atoms with van der Waals surface area (Å²) in [6, 6.07) is 7.06. The molecule has 0 spiro atoms. The molecule has 1 unspecified atom stereocenters. The number of urea groups is 1. The van der Waals surface area contributed by atoms with Gasteiger partial charge in [-0.25, -0.2) is 14.8 Å². The molecule has 1 aromatic carbocycles. The number of rotatable bonds is 10. The van der Waals surface area contributed by atoms with Crippen LogP contribution in [0, 0.1) is 5.92 Å². The van der Waals surface area contributed by atoms with Crippen LogP contribution in [0.3, 0.4) is 0 Å². The highest BCUT2D eigenvalue weighted by Gasteiger charge is 2.35. The first-order valence-electron chi connectivity index (χ1n) is 11.4. The molecule has 2 aliphatic heterocycles. The number of nitrogens with zero attached hydrogens (tertiary/aromatic N) is 2. The molecule has 0 saturated carbocycles. The Morgan fingerprint density at radius 2 is 1.97 bits per heavy atom. The number of hydrogen-bond donors (Lipinski definition) is 5. The van der Waals surface area contributed by atoms with Gasteiger partial charge < -0.3 is 30.8 Å². The molecule has 1 fully saturated rings. The van der Waals surface area contributed by atoms with Gasteiger partial charge in [0.2, 0.25) is 0 Å². The summed E-state index contributed by atoms with van der Waals surface area (Å²) in [7, 11) is 3.47. The van der Waals surface area contributed by atoms with Crippen LogP contribution in [0.5, 0.6) is 0 Å². The number of likely N-dealkylation sites (N-methyl/N-ethyl adjacent to an activating group) is 1. The first-order valence-corrected chi connectivity index (χ1v) is 11.4. The number of amides is 2. The van der Waals surface area contributed by atoms with E-state index >= 15 is 0 Å². The summed E-state index contributed by atoms with van der Waals surface area (Å²) in [6.45, 7) is 7.69. The van der Waals surface area contributed by atoms with Crippen molar-refractivity contribution in [3.8, 4) is 0 Å². The molecular formula is C23H35N7O3. The third kappa shape index (κ3) is 7.10. The van der Waals surface area contributed by atoms with Crippen LogP contribution in [-0.2, 0) is 9.57 Å². The molecule has 0 aromatic heterocycles. The highest BCUT2D eigenvalue weighted by atomic mass is 16.7. The molecule has 3 rings (SSSR count). The van der Waals surface area contributed by atoms with E-state index in [1.807, 2.05) is 31.3 Å². The van der Waals surface area contributed by atoms with Gasteiger partial charge in [-0.15, -0.1) is 5.48 Å². The monoisotopic (exact) mass is 457 g/mol. The third-order valence-electron chi connectivity index (χ3n) is 5.72. The Kier molecular flexibility index (Phi) is 9.82. The summed E-state index contributed by atoms with van der Waals surface area (Å²) >= 11 is 0. The summed E-state index contributed by atoms with van der Waals surface area (Å²) in [5.41, 5.74) is 5.54. The maximum absolute atomic E-state index is 11.5. The number of hydroxylamine groups is 1. The Labute approximate surface area is 195 Å². The standard InChI is InChI=1S/C23H35N7O3/c1-24-13-15-32-14-10-19-21(20(30-33-19)16-8-11-27-12-9-16)29-22(25-2)17-4-6-18(7-5-17)28-23(31)26-3/h4-7,16,20,24,27,30H,2,8-15H2,1,3H3,(H2,26,28,31). The molecule has 10 nitrogen and oxygen atoms in total. The Morgan fingerprint density at radius 1 is 1.21 bits per heavy atom. The van der Waals surface area contributed by atoms with Crippen LogP contribution in [-0.4, -0.2) is 71.6 Å². The van der Waals surface area contributed by atoms with Crippen molar-refractivity contribution in [2.75, 3.05) is 52.3 Å². The van der Waals surface area contributed by atoms with Crippen molar-refractivity contribution in [2.45, 2.75) is 25.3 Å². The van der Waals surface area contributed by atoms with Crippen LogP contribution in [0.2, 0.25) is 0 Å². The van der Waals surface area contributed by atoms with Crippen molar-refractivity contribution in [3.63, 3.8) is 0 Å². The molecule has 1 atom stereocenters. The molecule has 2 aliphatic rings. The van der Waals surface area contributed by atoms with Crippen LogP contribution in [0.25, 0.3) is 0 Å². The summed E-state index contributed by atoms with van der Waals surface area (Å²) < 4.78 is 5.70. The van der Waals surface area contributed by atoms with Crippen LogP contribution in [0.15, 0.2) is 45.7 Å². The van der Waals surface area contributed by atoms with Crippen molar-refractivity contribution in [1.29, 1.82) is 0 Å². The predicted molar refractivity (Wildman–Crippen MR) is 131 cm³/mol. The summed E-state index contributed by atoms with van der Waals surface area (Å²) in [6.07, 6.45) is 2.71. The fourth-order valence-corrected chi connectivity index (χ4v) is 3.87. The van der Waals surface area contributed by atoms with E-state index in [-0.39, 0.29) is 12.1 Å². The van der Waals surface area contributed by atoms with E-state index < -0.39 is 0 Å². The molecule has 0 bridgehead atoms. The maximum Gasteiger partial charge on any atom is 0.318 e. The molecule has 5 N–H and O–H groups in total. The van der Waals surface area contributed by atoms with E-state index in [0.29, 0.717) is 37.1 Å². The van der Waals surface area contributed by atoms with Gasteiger partial charge in [0, 0.05) is 31.3 Å². The van der Waals surface area contributed by atoms with Gasteiger partial charge in [0.1, 0.15) is 11.5 Å². The first kappa shape index (κ1) is 24.8. The van der Waals surface area contributed by atoms with E-state index in [9.17, 15) is 4.79 Å². The van der Waals surface area contributed by atoms with Gasteiger partial charge in [0.15, 0.2) is 5.84 Å². The molecule has 10 heteroatoms. The highest BCUT2D eigenvalue weighted by molar-refractivity contribution is 6.02. The van der Waals surface area contributed by atoms with E-state index in [4.69, 9.17) is 14.6 Å². The third-order valence-corrected chi connectivity index (χ3v) is 5.72. The topological polar surface area (TPSA) is 120 Å². The van der Waals surface area contributed by atoms with Crippen molar-refractivity contribution < 1.29 is 14.4 Å². The van der Waals surface area contributed by atoms with Gasteiger partial charge >= 0.3 is 6.03 Å². The molecule has 0 aliphatic carbocycles. The summed E-state index contributed by atoms with van der Waals surface area (Å²) in [5.74, 6) is 1.70. The largest absolute Gasteiger partial charge is 0.410 e. The molecule has 0 radical (unpaired) electrons. The Bertz CT molecular complexity index is 848. The predicted octanol–water partition coefficient (Wildman–Crippen LogP) is 1.63. The number of piperidine rings is 1. The second-order valence-corrected chi connectivity index (χ2v) is 7.93. The quantitative estimate of drug-likeness (QED) is 0.207. The molecule has 33 heavy (non-hydrogen) atoms. The fraction of sp³-hybridized carbons (Fsp3) is 0.522. The second-order valence-electron chi connectivity index (χ2n) is 7.93. The number of benzene rings is 1.